The molecule has 1 aliphatic rings. The number of nitrogens with one attached hydrogen (secondary N) is 2. The smallest absolute Gasteiger partial charge is 0.337 e. The second-order valence-corrected chi connectivity index (χ2v) is 7.82. The van der Waals surface area contributed by atoms with Crippen LogP contribution in [0.2, 0.25) is 0 Å². The van der Waals surface area contributed by atoms with Gasteiger partial charge >= 0.3 is 5.97 Å². The van der Waals surface area contributed by atoms with E-state index in [0.29, 0.717) is 31.7 Å². The zero-order valence-corrected chi connectivity index (χ0v) is 18.3. The number of amides is 2. The highest BCUT2D eigenvalue weighted by Crippen LogP contribution is 2.25. The number of carboxylic acid groups (broad SMARTS) is 1. The van der Waals surface area contributed by atoms with Gasteiger partial charge in [-0.15, -0.1) is 0 Å². The molecule has 1 aliphatic heterocycles. The molecular weight excluding hydrogens is 408 g/mol. The molecule has 0 bridgehead atoms. The molecule has 170 valence electrons. The molecule has 1 saturated heterocycles. The van der Waals surface area contributed by atoms with Crippen molar-refractivity contribution in [3.63, 3.8) is 0 Å². The molecule has 8 nitrogen and oxygen atoms in total. The van der Waals surface area contributed by atoms with Gasteiger partial charge in [0, 0.05) is 44.0 Å². The highest BCUT2D eigenvalue weighted by atomic mass is 16.4. The Morgan fingerprint density at radius 2 is 1.72 bits per heavy atom. The predicted octanol–water partition coefficient (Wildman–Crippen LogP) is 2.68. The average molecular weight is 439 g/mol. The molecule has 3 rings (SSSR count). The third kappa shape index (κ3) is 6.31. The Balaban J connectivity index is 1.61. The van der Waals surface area contributed by atoms with Gasteiger partial charge in [-0.25, -0.2) is 4.79 Å². The van der Waals surface area contributed by atoms with Gasteiger partial charge in [-0.1, -0.05) is 31.5 Å². The summed E-state index contributed by atoms with van der Waals surface area (Å²) in [6, 6.07) is 13.7. The molecule has 32 heavy (non-hydrogen) atoms. The predicted molar refractivity (Wildman–Crippen MR) is 124 cm³/mol. The van der Waals surface area contributed by atoms with E-state index in [0.717, 1.165) is 31.6 Å². The molecule has 2 aromatic carbocycles. The van der Waals surface area contributed by atoms with E-state index in [1.807, 2.05) is 12.1 Å². The molecule has 2 amide bonds. The number of hydrogen-bond acceptors (Lipinski definition) is 5. The van der Waals surface area contributed by atoms with Crippen LogP contribution in [0.25, 0.3) is 0 Å². The molecule has 0 radical (unpaired) electrons. The van der Waals surface area contributed by atoms with Crippen LogP contribution in [-0.2, 0) is 4.79 Å². The van der Waals surface area contributed by atoms with Crippen LogP contribution in [0.4, 0.5) is 11.4 Å². The number of anilines is 2. The lowest BCUT2D eigenvalue weighted by Crippen LogP contribution is -2.49. The van der Waals surface area contributed by atoms with Gasteiger partial charge in [0.15, 0.2) is 0 Å². The largest absolute Gasteiger partial charge is 0.478 e. The Labute approximate surface area is 188 Å². The number of rotatable bonds is 9. The molecular formula is C24H30N4O4. The van der Waals surface area contributed by atoms with Crippen molar-refractivity contribution in [2.24, 2.45) is 0 Å². The molecule has 0 aliphatic carbocycles. The summed E-state index contributed by atoms with van der Waals surface area (Å²) >= 11 is 0. The fourth-order valence-electron chi connectivity index (χ4n) is 3.63. The first kappa shape index (κ1) is 23.3. The Bertz CT molecular complexity index is 940. The Morgan fingerprint density at radius 3 is 2.38 bits per heavy atom. The minimum Gasteiger partial charge on any atom is -0.478 e. The second-order valence-electron chi connectivity index (χ2n) is 7.82. The van der Waals surface area contributed by atoms with Crippen molar-refractivity contribution >= 4 is 29.2 Å². The van der Waals surface area contributed by atoms with Crippen LogP contribution in [-0.4, -0.2) is 67.1 Å². The average Bonchev–Trinajstić information content (AvgIpc) is 2.80. The lowest BCUT2D eigenvalue weighted by atomic mass is 10.1. The minimum absolute atomic E-state index is 0.0403. The number of carbonyl (C=O) groups excluding carboxylic acids is 2. The Hall–Kier alpha value is -3.39. The fraction of sp³-hybridized carbons (Fsp3) is 0.375. The van der Waals surface area contributed by atoms with Crippen molar-refractivity contribution in [1.82, 2.24) is 10.2 Å². The van der Waals surface area contributed by atoms with Crippen LogP contribution in [0.5, 0.6) is 0 Å². The van der Waals surface area contributed by atoms with E-state index in [2.05, 4.69) is 27.4 Å². The highest BCUT2D eigenvalue weighted by Gasteiger charge is 2.21. The van der Waals surface area contributed by atoms with E-state index < -0.39 is 5.97 Å². The van der Waals surface area contributed by atoms with Crippen molar-refractivity contribution < 1.29 is 19.5 Å². The lowest BCUT2D eigenvalue weighted by molar-refractivity contribution is -0.122. The van der Waals surface area contributed by atoms with Crippen molar-refractivity contribution in [1.29, 1.82) is 0 Å². The molecule has 0 saturated carbocycles. The third-order valence-electron chi connectivity index (χ3n) is 5.47. The van der Waals surface area contributed by atoms with Crippen molar-refractivity contribution in [3.05, 3.63) is 59.7 Å². The maximum absolute atomic E-state index is 12.4. The van der Waals surface area contributed by atoms with Crippen molar-refractivity contribution in [3.8, 4) is 0 Å². The van der Waals surface area contributed by atoms with Gasteiger partial charge in [0.25, 0.3) is 5.91 Å². The topological polar surface area (TPSA) is 102 Å². The summed E-state index contributed by atoms with van der Waals surface area (Å²) in [6.45, 7) is 5.99. The van der Waals surface area contributed by atoms with Gasteiger partial charge in [-0.05, 0) is 36.8 Å². The van der Waals surface area contributed by atoms with Crippen LogP contribution < -0.4 is 15.5 Å². The summed E-state index contributed by atoms with van der Waals surface area (Å²) in [5.74, 6) is -1.41. The normalized spacial score (nSPS) is 14.1. The summed E-state index contributed by atoms with van der Waals surface area (Å²) < 4.78 is 0. The first-order valence-corrected chi connectivity index (χ1v) is 11.0. The SMILES string of the molecule is CCCCNC(=O)CN1CCN(c2ccc(NC(=O)c3ccccc3)c(C(=O)O)c2)CC1. The van der Waals surface area contributed by atoms with E-state index in [-0.39, 0.29) is 23.1 Å². The van der Waals surface area contributed by atoms with Gasteiger partial charge in [-0.2, -0.15) is 0 Å². The Kier molecular flexibility index (Phi) is 8.21. The van der Waals surface area contributed by atoms with Gasteiger partial charge < -0.3 is 20.6 Å². The summed E-state index contributed by atoms with van der Waals surface area (Å²) in [5, 5.41) is 15.3. The molecule has 0 atom stereocenters. The molecule has 1 fully saturated rings. The first-order chi connectivity index (χ1) is 15.5. The van der Waals surface area contributed by atoms with E-state index in [9.17, 15) is 19.5 Å². The number of nitrogens with zero attached hydrogens (tertiary/aromatic N) is 2. The van der Waals surface area contributed by atoms with Crippen LogP contribution in [0.1, 0.15) is 40.5 Å². The van der Waals surface area contributed by atoms with Gasteiger partial charge in [0.2, 0.25) is 5.91 Å². The van der Waals surface area contributed by atoms with Crippen LogP contribution in [0.15, 0.2) is 48.5 Å². The molecule has 2 aromatic rings. The minimum atomic E-state index is -1.10. The third-order valence-corrected chi connectivity index (χ3v) is 5.47. The van der Waals surface area contributed by atoms with Crippen LogP contribution in [0.3, 0.4) is 0 Å². The summed E-state index contributed by atoms with van der Waals surface area (Å²) in [5.41, 5.74) is 1.55. The van der Waals surface area contributed by atoms with E-state index in [1.54, 1.807) is 36.4 Å². The quantitative estimate of drug-likeness (QED) is 0.521. The molecule has 0 aromatic heterocycles. The number of hydrogen-bond donors (Lipinski definition) is 3. The van der Waals surface area contributed by atoms with E-state index in [1.165, 1.54) is 0 Å². The molecule has 0 spiro atoms. The van der Waals surface area contributed by atoms with E-state index in [4.69, 9.17) is 0 Å². The summed E-state index contributed by atoms with van der Waals surface area (Å²) in [7, 11) is 0. The van der Waals surface area contributed by atoms with E-state index >= 15 is 0 Å². The van der Waals surface area contributed by atoms with Gasteiger partial charge in [0.05, 0.1) is 17.8 Å². The number of carbonyl (C=O) groups is 3. The zero-order chi connectivity index (χ0) is 22.9. The maximum atomic E-state index is 12.4. The number of unbranched alkanes of at least 4 members (excludes halogenated alkanes) is 1. The fourth-order valence-corrected chi connectivity index (χ4v) is 3.63. The number of benzene rings is 2. The standard InChI is InChI=1S/C24H30N4O4/c1-2-3-11-25-22(29)17-27-12-14-28(15-13-27)19-9-10-21(20(16-19)24(31)32)26-23(30)18-7-5-4-6-8-18/h4-10,16H,2-3,11-15,17H2,1H3,(H,25,29)(H,26,30)(H,31,32). The summed E-state index contributed by atoms with van der Waals surface area (Å²) in [6.07, 6.45) is 2.03. The molecule has 3 N–H and O–H groups in total. The zero-order valence-electron chi connectivity index (χ0n) is 18.3. The van der Waals surface area contributed by atoms with Crippen molar-refractivity contribution in [2.75, 3.05) is 49.5 Å². The lowest BCUT2D eigenvalue weighted by Gasteiger charge is -2.36. The van der Waals surface area contributed by atoms with Gasteiger partial charge in [0.1, 0.15) is 0 Å². The van der Waals surface area contributed by atoms with Crippen LogP contribution in [0, 0.1) is 0 Å². The molecule has 8 heteroatoms. The van der Waals surface area contributed by atoms with Crippen molar-refractivity contribution in [2.45, 2.75) is 19.8 Å². The molecule has 1 heterocycles. The number of carboxylic acids is 1. The number of aromatic carboxylic acids is 1. The summed E-state index contributed by atoms with van der Waals surface area (Å²) in [4.78, 5) is 40.5. The second kappa shape index (κ2) is 11.3. The van der Waals surface area contributed by atoms with Crippen LogP contribution >= 0.6 is 0 Å². The number of piperazine rings is 1. The monoisotopic (exact) mass is 438 g/mol. The first-order valence-electron chi connectivity index (χ1n) is 11.0. The highest BCUT2D eigenvalue weighted by molar-refractivity contribution is 6.08. The maximum Gasteiger partial charge on any atom is 0.337 e. The van der Waals surface area contributed by atoms with Gasteiger partial charge in [-0.3, -0.25) is 14.5 Å². The molecule has 0 unspecified atom stereocenters. The Morgan fingerprint density at radius 1 is 1.00 bits per heavy atom.